The molecular weight excluding hydrogens is 330 g/mol. The molecule has 112 valence electrons. The molecule has 1 heterocycles. The first-order valence-electron chi connectivity index (χ1n) is 6.52. The van der Waals surface area contributed by atoms with Gasteiger partial charge < -0.3 is 5.73 Å². The van der Waals surface area contributed by atoms with Crippen molar-refractivity contribution in [3.8, 4) is 0 Å². The summed E-state index contributed by atoms with van der Waals surface area (Å²) in [4.78, 5) is 5.50. The average Bonchev–Trinajstić information content (AvgIpc) is 2.82. The molecule has 8 heteroatoms. The van der Waals surface area contributed by atoms with Gasteiger partial charge in [-0.05, 0) is 43.9 Å². The summed E-state index contributed by atoms with van der Waals surface area (Å²) in [7, 11) is -3.78. The second kappa shape index (κ2) is 5.47. The third kappa shape index (κ3) is 3.00. The highest BCUT2D eigenvalue weighted by molar-refractivity contribution is 7.93. The van der Waals surface area contributed by atoms with Crippen molar-refractivity contribution in [3.05, 3.63) is 33.8 Å². The number of thiazole rings is 1. The number of hydrogen-bond donors (Lipinski definition) is 2. The Kier molecular flexibility index (Phi) is 3.81. The Morgan fingerprint density at radius 3 is 2.81 bits per heavy atom. The molecular formula is C13H14ClN3O2S2. The van der Waals surface area contributed by atoms with Crippen molar-refractivity contribution in [1.29, 1.82) is 0 Å². The largest absolute Gasteiger partial charge is 0.399 e. The molecule has 1 aromatic heterocycles. The molecule has 0 aliphatic heterocycles. The molecule has 5 nitrogen and oxygen atoms in total. The van der Waals surface area contributed by atoms with E-state index in [1.807, 2.05) is 0 Å². The predicted octanol–water partition coefficient (Wildman–Crippen LogP) is 3.06. The van der Waals surface area contributed by atoms with Crippen LogP contribution in [0.3, 0.4) is 0 Å². The fraction of sp³-hybridized carbons (Fsp3) is 0.308. The van der Waals surface area contributed by atoms with E-state index < -0.39 is 10.0 Å². The number of aromatic nitrogens is 1. The molecule has 0 saturated heterocycles. The second-order valence-electron chi connectivity index (χ2n) is 4.89. The van der Waals surface area contributed by atoms with Crippen LogP contribution in [0, 0.1) is 0 Å². The van der Waals surface area contributed by atoms with E-state index in [0.29, 0.717) is 10.8 Å². The Morgan fingerprint density at radius 1 is 1.29 bits per heavy atom. The summed E-state index contributed by atoms with van der Waals surface area (Å²) in [5.41, 5.74) is 6.98. The van der Waals surface area contributed by atoms with Crippen molar-refractivity contribution in [2.75, 3.05) is 10.5 Å². The van der Waals surface area contributed by atoms with Gasteiger partial charge in [0.25, 0.3) is 10.0 Å². The van der Waals surface area contributed by atoms with E-state index in [9.17, 15) is 8.42 Å². The number of benzene rings is 1. The molecule has 0 fully saturated rings. The topological polar surface area (TPSA) is 85.1 Å². The molecule has 0 spiro atoms. The molecule has 0 radical (unpaired) electrons. The second-order valence-corrected chi connectivity index (χ2v) is 8.03. The molecule has 3 N–H and O–H groups in total. The molecule has 1 aliphatic carbocycles. The van der Waals surface area contributed by atoms with Gasteiger partial charge in [0.15, 0.2) is 5.13 Å². The SMILES string of the molecule is Nc1ccc(Cl)c(S(=O)(=O)Nc2nc3c(s2)CCCC3)c1. The van der Waals surface area contributed by atoms with Crippen LogP contribution in [0.25, 0.3) is 0 Å². The van der Waals surface area contributed by atoms with Crippen molar-refractivity contribution in [1.82, 2.24) is 4.98 Å². The van der Waals surface area contributed by atoms with E-state index in [4.69, 9.17) is 17.3 Å². The van der Waals surface area contributed by atoms with Gasteiger partial charge in [0.1, 0.15) is 4.90 Å². The minimum absolute atomic E-state index is 0.0302. The van der Waals surface area contributed by atoms with Gasteiger partial charge in [-0.25, -0.2) is 13.4 Å². The Hall–Kier alpha value is -1.31. The number of nitrogens with two attached hydrogens (primary N) is 1. The van der Waals surface area contributed by atoms with Crippen LogP contribution < -0.4 is 10.5 Å². The zero-order valence-corrected chi connectivity index (χ0v) is 13.5. The summed E-state index contributed by atoms with van der Waals surface area (Å²) in [6.45, 7) is 0. The molecule has 1 aliphatic rings. The lowest BCUT2D eigenvalue weighted by Gasteiger charge is -2.07. The molecule has 1 aromatic carbocycles. The Bertz CT molecular complexity index is 763. The van der Waals surface area contributed by atoms with Gasteiger partial charge in [-0.2, -0.15) is 0 Å². The van der Waals surface area contributed by atoms with Crippen molar-refractivity contribution in [3.63, 3.8) is 0 Å². The Morgan fingerprint density at radius 2 is 2.05 bits per heavy atom. The minimum atomic E-state index is -3.78. The van der Waals surface area contributed by atoms with Gasteiger partial charge in [0, 0.05) is 10.6 Å². The predicted molar refractivity (Wildman–Crippen MR) is 85.4 cm³/mol. The summed E-state index contributed by atoms with van der Waals surface area (Å²) >= 11 is 7.35. The quantitative estimate of drug-likeness (QED) is 0.839. The third-order valence-electron chi connectivity index (χ3n) is 3.31. The van der Waals surface area contributed by atoms with Crippen molar-refractivity contribution < 1.29 is 8.42 Å². The highest BCUT2D eigenvalue weighted by Gasteiger charge is 2.22. The van der Waals surface area contributed by atoms with Crippen molar-refractivity contribution in [2.24, 2.45) is 0 Å². The molecule has 0 saturated carbocycles. The Labute approximate surface area is 132 Å². The first kappa shape index (κ1) is 14.6. The van der Waals surface area contributed by atoms with Crippen molar-refractivity contribution in [2.45, 2.75) is 30.6 Å². The fourth-order valence-electron chi connectivity index (χ4n) is 2.29. The van der Waals surface area contributed by atoms with Crippen molar-refractivity contribution >= 4 is 43.8 Å². The highest BCUT2D eigenvalue weighted by atomic mass is 35.5. The summed E-state index contributed by atoms with van der Waals surface area (Å²) < 4.78 is 27.3. The number of nitrogens with one attached hydrogen (secondary N) is 1. The van der Waals surface area contributed by atoms with E-state index in [-0.39, 0.29) is 9.92 Å². The third-order valence-corrected chi connectivity index (χ3v) is 6.33. The van der Waals surface area contributed by atoms with Gasteiger partial charge in [-0.15, -0.1) is 11.3 Å². The van der Waals surface area contributed by atoms with Crippen LogP contribution in [0.2, 0.25) is 5.02 Å². The van der Waals surface area contributed by atoms with Gasteiger partial charge in [-0.3, -0.25) is 4.72 Å². The monoisotopic (exact) mass is 343 g/mol. The van der Waals surface area contributed by atoms with E-state index >= 15 is 0 Å². The number of fused-ring (bicyclic) bond motifs is 1. The summed E-state index contributed by atoms with van der Waals surface area (Å²) in [5, 5.41) is 0.526. The summed E-state index contributed by atoms with van der Waals surface area (Å²) in [6.07, 6.45) is 4.10. The number of sulfonamides is 1. The van der Waals surface area contributed by atoms with E-state index in [1.165, 1.54) is 23.5 Å². The normalized spacial score (nSPS) is 14.7. The summed E-state index contributed by atoms with van der Waals surface area (Å²) in [5.74, 6) is 0. The molecule has 0 bridgehead atoms. The zero-order chi connectivity index (χ0) is 15.0. The van der Waals surface area contributed by atoms with Gasteiger partial charge in [0.05, 0.1) is 10.7 Å². The first-order valence-corrected chi connectivity index (χ1v) is 9.20. The lowest BCUT2D eigenvalue weighted by atomic mass is 10.0. The van der Waals surface area contributed by atoms with Gasteiger partial charge in [-0.1, -0.05) is 11.6 Å². The molecule has 0 unspecified atom stereocenters. The Balaban J connectivity index is 1.92. The molecule has 21 heavy (non-hydrogen) atoms. The van der Waals surface area contributed by atoms with Crippen LogP contribution >= 0.6 is 22.9 Å². The highest BCUT2D eigenvalue weighted by Crippen LogP contribution is 2.32. The maximum absolute atomic E-state index is 12.4. The number of hydrogen-bond acceptors (Lipinski definition) is 5. The van der Waals surface area contributed by atoms with Crippen LogP contribution in [0.1, 0.15) is 23.4 Å². The van der Waals surface area contributed by atoms with Gasteiger partial charge >= 0.3 is 0 Å². The average molecular weight is 344 g/mol. The molecule has 3 rings (SSSR count). The zero-order valence-electron chi connectivity index (χ0n) is 11.1. The van der Waals surface area contributed by atoms with Crippen LogP contribution in [-0.2, 0) is 22.9 Å². The van der Waals surface area contributed by atoms with E-state index in [2.05, 4.69) is 9.71 Å². The van der Waals surface area contributed by atoms with Crippen LogP contribution in [0.15, 0.2) is 23.1 Å². The van der Waals surface area contributed by atoms with E-state index in [1.54, 1.807) is 6.07 Å². The van der Waals surface area contributed by atoms with Crippen LogP contribution in [0.5, 0.6) is 0 Å². The van der Waals surface area contributed by atoms with E-state index in [0.717, 1.165) is 36.3 Å². The number of nitrogens with zero attached hydrogens (tertiary/aromatic N) is 1. The van der Waals surface area contributed by atoms with Crippen LogP contribution in [0.4, 0.5) is 10.8 Å². The summed E-state index contributed by atoms with van der Waals surface area (Å²) in [6, 6.07) is 4.37. The molecule has 0 atom stereocenters. The number of nitrogen functional groups attached to an aromatic ring is 1. The number of aryl methyl sites for hydroxylation is 2. The van der Waals surface area contributed by atoms with Crippen LogP contribution in [-0.4, -0.2) is 13.4 Å². The maximum Gasteiger partial charge on any atom is 0.265 e. The van der Waals surface area contributed by atoms with Gasteiger partial charge in [0.2, 0.25) is 0 Å². The standard InChI is InChI=1S/C13H14ClN3O2S2/c14-9-6-5-8(15)7-12(9)21(18,19)17-13-16-10-3-1-2-4-11(10)20-13/h5-7H,1-4,15H2,(H,16,17). The first-order chi connectivity index (χ1) is 9.95. The molecule has 0 amide bonds. The number of anilines is 2. The smallest absolute Gasteiger partial charge is 0.265 e. The lowest BCUT2D eigenvalue weighted by Crippen LogP contribution is -2.13. The maximum atomic E-state index is 12.4. The minimum Gasteiger partial charge on any atom is -0.399 e. The molecule has 2 aromatic rings. The fourth-order valence-corrected chi connectivity index (χ4v) is 5.11. The number of halogens is 1. The lowest BCUT2D eigenvalue weighted by molar-refractivity contribution is 0.601. The number of rotatable bonds is 3.